The fourth-order valence-corrected chi connectivity index (χ4v) is 4.11. The van der Waals surface area contributed by atoms with Crippen LogP contribution in [0.2, 0.25) is 0 Å². The fraction of sp³-hybridized carbons (Fsp3) is 0.0870. The van der Waals surface area contributed by atoms with Crippen molar-refractivity contribution in [3.63, 3.8) is 0 Å². The number of sulfonamides is 1. The molecular formula is C23H21N3O3S. The number of benzene rings is 3. The summed E-state index contributed by atoms with van der Waals surface area (Å²) in [5.41, 5.74) is 2.96. The molecule has 0 bridgehead atoms. The van der Waals surface area contributed by atoms with Crippen LogP contribution in [-0.4, -0.2) is 26.3 Å². The fourth-order valence-electron chi connectivity index (χ4n) is 3.29. The van der Waals surface area contributed by atoms with E-state index >= 15 is 0 Å². The van der Waals surface area contributed by atoms with Gasteiger partial charge in [-0.3, -0.25) is 0 Å². The molecule has 0 aliphatic carbocycles. The van der Waals surface area contributed by atoms with Crippen LogP contribution in [0.15, 0.2) is 95.1 Å². The van der Waals surface area contributed by atoms with Crippen molar-refractivity contribution < 1.29 is 13.2 Å². The van der Waals surface area contributed by atoms with E-state index in [1.54, 1.807) is 25.3 Å². The molecule has 4 rings (SSSR count). The first-order valence-corrected chi connectivity index (χ1v) is 10.9. The van der Waals surface area contributed by atoms with E-state index in [9.17, 15) is 8.42 Å². The van der Waals surface area contributed by atoms with Crippen molar-refractivity contribution in [2.24, 2.45) is 5.10 Å². The zero-order valence-corrected chi connectivity index (χ0v) is 17.2. The second kappa shape index (κ2) is 8.42. The molecule has 3 aromatic carbocycles. The second-order valence-electron chi connectivity index (χ2n) is 6.75. The second-order valence-corrected chi connectivity index (χ2v) is 8.41. The zero-order valence-electron chi connectivity index (χ0n) is 16.4. The van der Waals surface area contributed by atoms with Gasteiger partial charge in [0.1, 0.15) is 5.75 Å². The number of para-hydroxylation sites is 1. The van der Waals surface area contributed by atoms with Gasteiger partial charge in [-0.05, 0) is 35.9 Å². The highest BCUT2D eigenvalue weighted by Crippen LogP contribution is 2.22. The van der Waals surface area contributed by atoms with E-state index in [-0.39, 0.29) is 4.90 Å². The molecule has 0 spiro atoms. The molecule has 0 amide bonds. The maximum atomic E-state index is 12.4. The third-order valence-electron chi connectivity index (χ3n) is 4.74. The molecule has 0 radical (unpaired) electrons. The molecule has 0 aliphatic rings. The average Bonchev–Trinajstić information content (AvgIpc) is 3.12. The maximum Gasteiger partial charge on any atom is 0.276 e. The van der Waals surface area contributed by atoms with Crippen LogP contribution in [0.3, 0.4) is 0 Å². The molecule has 0 atom stereocenters. The number of nitrogens with one attached hydrogen (secondary N) is 1. The number of methoxy groups -OCH3 is 1. The summed E-state index contributed by atoms with van der Waals surface area (Å²) in [7, 11) is -2.05. The van der Waals surface area contributed by atoms with Crippen LogP contribution in [-0.2, 0) is 16.6 Å². The third kappa shape index (κ3) is 4.21. The van der Waals surface area contributed by atoms with Gasteiger partial charge in [0.05, 0.1) is 18.2 Å². The standard InChI is InChI=1S/C23H21N3O3S/c1-29-20-9-7-8-18(14-20)16-26-17-19(22-12-5-6-13-23(22)26)15-24-25-30(27,28)21-10-3-2-4-11-21/h2-15,17,25H,16H2,1H3/b24-15-. The van der Waals surface area contributed by atoms with Crippen molar-refractivity contribution in [2.45, 2.75) is 11.4 Å². The topological polar surface area (TPSA) is 72.7 Å². The van der Waals surface area contributed by atoms with E-state index in [0.717, 1.165) is 27.8 Å². The number of hydrogen-bond donors (Lipinski definition) is 1. The Kier molecular flexibility index (Phi) is 5.54. The Balaban J connectivity index is 1.61. The van der Waals surface area contributed by atoms with Crippen molar-refractivity contribution >= 4 is 27.1 Å². The summed E-state index contributed by atoms with van der Waals surface area (Å²) in [5, 5.41) is 4.98. The Bertz CT molecular complexity index is 1300. The normalized spacial score (nSPS) is 11.8. The molecule has 152 valence electrons. The van der Waals surface area contributed by atoms with Gasteiger partial charge in [-0.2, -0.15) is 13.5 Å². The van der Waals surface area contributed by atoms with Crippen LogP contribution < -0.4 is 9.57 Å². The molecule has 7 heteroatoms. The minimum Gasteiger partial charge on any atom is -0.497 e. The Labute approximate surface area is 175 Å². The van der Waals surface area contributed by atoms with E-state index in [0.29, 0.717) is 6.54 Å². The largest absolute Gasteiger partial charge is 0.497 e. The first-order chi connectivity index (χ1) is 14.6. The lowest BCUT2D eigenvalue weighted by molar-refractivity contribution is 0.414. The van der Waals surface area contributed by atoms with E-state index in [4.69, 9.17) is 4.74 Å². The highest BCUT2D eigenvalue weighted by molar-refractivity contribution is 7.89. The molecule has 0 saturated carbocycles. The first kappa shape index (κ1) is 19.7. The summed E-state index contributed by atoms with van der Waals surface area (Å²) in [6.45, 7) is 0.654. The number of rotatable bonds is 7. The molecule has 4 aromatic rings. The average molecular weight is 420 g/mol. The Morgan fingerprint density at radius 2 is 1.77 bits per heavy atom. The van der Waals surface area contributed by atoms with Gasteiger partial charge in [-0.15, -0.1) is 0 Å². The number of hydrazone groups is 1. The number of ether oxygens (including phenoxy) is 1. The maximum absolute atomic E-state index is 12.4. The zero-order chi connectivity index (χ0) is 21.0. The van der Waals surface area contributed by atoms with Gasteiger partial charge in [0.15, 0.2) is 0 Å². The number of fused-ring (bicyclic) bond motifs is 1. The van der Waals surface area contributed by atoms with Gasteiger partial charge >= 0.3 is 0 Å². The monoisotopic (exact) mass is 419 g/mol. The predicted molar refractivity (Wildman–Crippen MR) is 118 cm³/mol. The van der Waals surface area contributed by atoms with Crippen molar-refractivity contribution in [1.82, 2.24) is 9.40 Å². The molecule has 1 heterocycles. The smallest absolute Gasteiger partial charge is 0.276 e. The lowest BCUT2D eigenvalue weighted by Crippen LogP contribution is -2.18. The van der Waals surface area contributed by atoms with E-state index < -0.39 is 10.0 Å². The van der Waals surface area contributed by atoms with Gasteiger partial charge in [-0.25, -0.2) is 4.83 Å². The number of hydrogen-bond acceptors (Lipinski definition) is 4. The summed E-state index contributed by atoms with van der Waals surface area (Å²) in [5.74, 6) is 0.807. The molecular weight excluding hydrogens is 398 g/mol. The molecule has 6 nitrogen and oxygen atoms in total. The predicted octanol–water partition coefficient (Wildman–Crippen LogP) is 4.01. The quantitative estimate of drug-likeness (QED) is 0.363. The molecule has 0 fully saturated rings. The SMILES string of the molecule is COc1cccc(Cn2cc(/C=N\NS(=O)(=O)c3ccccc3)c3ccccc32)c1. The van der Waals surface area contributed by atoms with Crippen LogP contribution in [0.4, 0.5) is 0 Å². The Hall–Kier alpha value is -3.58. The minimum atomic E-state index is -3.70. The minimum absolute atomic E-state index is 0.169. The summed E-state index contributed by atoms with van der Waals surface area (Å²) in [4.78, 5) is 2.45. The number of aromatic nitrogens is 1. The van der Waals surface area contributed by atoms with Gasteiger partial charge in [0.2, 0.25) is 0 Å². The van der Waals surface area contributed by atoms with Gasteiger partial charge in [-0.1, -0.05) is 48.5 Å². The molecule has 30 heavy (non-hydrogen) atoms. The summed E-state index contributed by atoms with van der Waals surface area (Å²) >= 11 is 0. The van der Waals surface area contributed by atoms with Crippen LogP contribution in [0.5, 0.6) is 5.75 Å². The lowest BCUT2D eigenvalue weighted by atomic mass is 10.2. The van der Waals surface area contributed by atoms with E-state index in [1.807, 2.05) is 54.7 Å². The summed E-state index contributed by atoms with van der Waals surface area (Å²) in [6, 6.07) is 24.0. The summed E-state index contributed by atoms with van der Waals surface area (Å²) in [6.07, 6.45) is 3.50. The third-order valence-corrected chi connectivity index (χ3v) is 5.98. The molecule has 0 unspecified atom stereocenters. The first-order valence-electron chi connectivity index (χ1n) is 9.37. The van der Waals surface area contributed by atoms with Gasteiger partial charge in [0.25, 0.3) is 10.0 Å². The van der Waals surface area contributed by atoms with Crippen molar-refractivity contribution in [2.75, 3.05) is 7.11 Å². The molecule has 0 aliphatic heterocycles. The summed E-state index contributed by atoms with van der Waals surface area (Å²) < 4.78 is 32.1. The highest BCUT2D eigenvalue weighted by atomic mass is 32.2. The van der Waals surface area contributed by atoms with E-state index in [1.165, 1.54) is 18.3 Å². The van der Waals surface area contributed by atoms with Crippen LogP contribution in [0.1, 0.15) is 11.1 Å². The lowest BCUT2D eigenvalue weighted by Gasteiger charge is -2.07. The van der Waals surface area contributed by atoms with Crippen molar-refractivity contribution in [1.29, 1.82) is 0 Å². The highest BCUT2D eigenvalue weighted by Gasteiger charge is 2.12. The van der Waals surface area contributed by atoms with Gasteiger partial charge < -0.3 is 9.30 Å². The van der Waals surface area contributed by atoms with Crippen molar-refractivity contribution in [3.8, 4) is 5.75 Å². The Morgan fingerprint density at radius 1 is 1.00 bits per heavy atom. The van der Waals surface area contributed by atoms with Crippen molar-refractivity contribution in [3.05, 3.63) is 96.2 Å². The van der Waals surface area contributed by atoms with Crippen LogP contribution in [0, 0.1) is 0 Å². The molecule has 1 aromatic heterocycles. The van der Waals surface area contributed by atoms with Crippen LogP contribution in [0.25, 0.3) is 10.9 Å². The molecule has 1 N–H and O–H groups in total. The Morgan fingerprint density at radius 3 is 2.57 bits per heavy atom. The van der Waals surface area contributed by atoms with Gasteiger partial charge in [0, 0.05) is 29.2 Å². The van der Waals surface area contributed by atoms with Crippen LogP contribution >= 0.6 is 0 Å². The van der Waals surface area contributed by atoms with E-state index in [2.05, 4.69) is 14.5 Å². The number of nitrogens with zero attached hydrogens (tertiary/aromatic N) is 2. The molecule has 0 saturated heterocycles.